The molecule has 0 spiro atoms. The normalized spacial score (nSPS) is 21.1. The SMILES string of the molecule is Cc1cnc(Nc2cccc(C3CN(C(=O)C4CCCC4)CCO3)n2)s1. The van der Waals surface area contributed by atoms with Crippen LogP contribution in [-0.2, 0) is 9.53 Å². The molecule has 1 saturated carbocycles. The van der Waals surface area contributed by atoms with Gasteiger partial charge < -0.3 is 15.0 Å². The first-order valence-electron chi connectivity index (χ1n) is 9.26. The van der Waals surface area contributed by atoms with Crippen molar-refractivity contribution in [2.24, 2.45) is 5.92 Å². The monoisotopic (exact) mass is 372 g/mol. The van der Waals surface area contributed by atoms with Gasteiger partial charge in [0.25, 0.3) is 0 Å². The Bertz CT molecular complexity index is 772. The Kier molecular flexibility index (Phi) is 5.17. The molecular weight excluding hydrogens is 348 g/mol. The van der Waals surface area contributed by atoms with E-state index in [1.54, 1.807) is 11.3 Å². The van der Waals surface area contributed by atoms with Crippen molar-refractivity contribution in [1.29, 1.82) is 0 Å². The third-order valence-electron chi connectivity index (χ3n) is 5.04. The van der Waals surface area contributed by atoms with E-state index in [2.05, 4.69) is 15.3 Å². The predicted molar refractivity (Wildman–Crippen MR) is 102 cm³/mol. The number of morpholine rings is 1. The number of pyridine rings is 1. The molecule has 1 N–H and O–H groups in total. The van der Waals surface area contributed by atoms with E-state index in [1.165, 1.54) is 12.8 Å². The molecule has 2 fully saturated rings. The van der Waals surface area contributed by atoms with Gasteiger partial charge in [-0.25, -0.2) is 9.97 Å². The largest absolute Gasteiger partial charge is 0.368 e. The zero-order valence-electron chi connectivity index (χ0n) is 15.0. The van der Waals surface area contributed by atoms with Gasteiger partial charge in [0.2, 0.25) is 5.91 Å². The number of aromatic nitrogens is 2. The lowest BCUT2D eigenvalue weighted by molar-refractivity contribution is -0.143. The van der Waals surface area contributed by atoms with Crippen LogP contribution in [0.5, 0.6) is 0 Å². The van der Waals surface area contributed by atoms with Crippen LogP contribution in [0.3, 0.4) is 0 Å². The lowest BCUT2D eigenvalue weighted by Gasteiger charge is -2.34. The molecule has 26 heavy (non-hydrogen) atoms. The van der Waals surface area contributed by atoms with E-state index in [9.17, 15) is 4.79 Å². The molecule has 3 heterocycles. The summed E-state index contributed by atoms with van der Waals surface area (Å²) in [5.41, 5.74) is 0.854. The summed E-state index contributed by atoms with van der Waals surface area (Å²) in [6.45, 7) is 3.86. The number of carbonyl (C=O) groups is 1. The smallest absolute Gasteiger partial charge is 0.225 e. The van der Waals surface area contributed by atoms with Crippen LogP contribution in [0.1, 0.15) is 42.4 Å². The first-order chi connectivity index (χ1) is 12.7. The number of nitrogens with zero attached hydrogens (tertiary/aromatic N) is 3. The van der Waals surface area contributed by atoms with Crippen LogP contribution in [0.2, 0.25) is 0 Å². The molecule has 1 unspecified atom stereocenters. The highest BCUT2D eigenvalue weighted by atomic mass is 32.1. The molecule has 138 valence electrons. The maximum Gasteiger partial charge on any atom is 0.225 e. The van der Waals surface area contributed by atoms with Crippen LogP contribution in [0.4, 0.5) is 10.9 Å². The minimum absolute atomic E-state index is 0.172. The minimum Gasteiger partial charge on any atom is -0.368 e. The van der Waals surface area contributed by atoms with Crippen molar-refractivity contribution in [3.8, 4) is 0 Å². The van der Waals surface area contributed by atoms with E-state index in [1.807, 2.05) is 36.2 Å². The van der Waals surface area contributed by atoms with Crippen molar-refractivity contribution in [3.05, 3.63) is 35.0 Å². The third-order valence-corrected chi connectivity index (χ3v) is 5.87. The Morgan fingerprint density at radius 1 is 1.35 bits per heavy atom. The molecule has 6 nitrogen and oxygen atoms in total. The topological polar surface area (TPSA) is 67.4 Å². The molecule has 2 aromatic rings. The molecule has 1 atom stereocenters. The van der Waals surface area contributed by atoms with Gasteiger partial charge in [-0.15, -0.1) is 11.3 Å². The highest BCUT2D eigenvalue weighted by Gasteiger charge is 2.32. The average Bonchev–Trinajstić information content (AvgIpc) is 3.33. The summed E-state index contributed by atoms with van der Waals surface area (Å²) >= 11 is 1.60. The fourth-order valence-corrected chi connectivity index (χ4v) is 4.35. The van der Waals surface area contributed by atoms with Gasteiger partial charge in [0, 0.05) is 23.5 Å². The van der Waals surface area contributed by atoms with Gasteiger partial charge in [0.05, 0.1) is 18.8 Å². The van der Waals surface area contributed by atoms with Crippen LogP contribution < -0.4 is 5.32 Å². The highest BCUT2D eigenvalue weighted by Crippen LogP contribution is 2.29. The number of rotatable bonds is 4. The fraction of sp³-hybridized carbons (Fsp3) is 0.526. The second kappa shape index (κ2) is 7.72. The van der Waals surface area contributed by atoms with Gasteiger partial charge in [0.1, 0.15) is 11.9 Å². The Hall–Kier alpha value is -1.99. The quantitative estimate of drug-likeness (QED) is 0.887. The number of thiazole rings is 1. The fourth-order valence-electron chi connectivity index (χ4n) is 3.68. The zero-order chi connectivity index (χ0) is 17.9. The van der Waals surface area contributed by atoms with Crippen molar-refractivity contribution < 1.29 is 9.53 Å². The molecule has 1 aliphatic heterocycles. The van der Waals surface area contributed by atoms with Gasteiger partial charge in [0.15, 0.2) is 5.13 Å². The zero-order valence-corrected chi connectivity index (χ0v) is 15.8. The summed E-state index contributed by atoms with van der Waals surface area (Å²) in [4.78, 5) is 24.8. The molecule has 2 aromatic heterocycles. The molecule has 1 saturated heterocycles. The molecule has 0 bridgehead atoms. The van der Waals surface area contributed by atoms with Crippen LogP contribution in [0.25, 0.3) is 0 Å². The Morgan fingerprint density at radius 3 is 2.96 bits per heavy atom. The third kappa shape index (κ3) is 3.88. The van der Waals surface area contributed by atoms with Crippen molar-refractivity contribution in [2.45, 2.75) is 38.7 Å². The number of nitrogens with one attached hydrogen (secondary N) is 1. The number of hydrogen-bond acceptors (Lipinski definition) is 6. The molecule has 1 aliphatic carbocycles. The first-order valence-corrected chi connectivity index (χ1v) is 10.1. The average molecular weight is 372 g/mol. The van der Waals surface area contributed by atoms with Crippen molar-refractivity contribution in [2.75, 3.05) is 25.0 Å². The van der Waals surface area contributed by atoms with Gasteiger partial charge in [-0.3, -0.25) is 4.79 Å². The molecule has 2 aliphatic rings. The summed E-state index contributed by atoms with van der Waals surface area (Å²) < 4.78 is 5.92. The van der Waals surface area contributed by atoms with Crippen LogP contribution in [0.15, 0.2) is 24.4 Å². The Labute approximate surface area is 157 Å². The van der Waals surface area contributed by atoms with E-state index in [0.717, 1.165) is 34.4 Å². The molecule has 4 rings (SSSR count). The standard InChI is InChI=1S/C19H24N4O2S/c1-13-11-20-19(26-13)22-17-8-4-7-15(21-17)16-12-23(9-10-25-16)18(24)14-5-2-3-6-14/h4,7-8,11,14,16H,2-3,5-6,9-10,12H2,1H3,(H,20,21,22). The van der Waals surface area contributed by atoms with Crippen LogP contribution in [-0.4, -0.2) is 40.5 Å². The second-order valence-electron chi connectivity index (χ2n) is 6.97. The number of anilines is 2. The molecule has 0 aromatic carbocycles. The van der Waals surface area contributed by atoms with Crippen LogP contribution in [0, 0.1) is 12.8 Å². The summed E-state index contributed by atoms with van der Waals surface area (Å²) in [7, 11) is 0. The summed E-state index contributed by atoms with van der Waals surface area (Å²) in [5, 5.41) is 4.07. The lowest BCUT2D eigenvalue weighted by Crippen LogP contribution is -2.44. The summed E-state index contributed by atoms with van der Waals surface area (Å²) in [5.74, 6) is 1.26. The van der Waals surface area contributed by atoms with E-state index >= 15 is 0 Å². The highest BCUT2D eigenvalue weighted by molar-refractivity contribution is 7.15. The van der Waals surface area contributed by atoms with E-state index in [0.29, 0.717) is 25.6 Å². The molecule has 7 heteroatoms. The van der Waals surface area contributed by atoms with E-state index in [-0.39, 0.29) is 12.0 Å². The van der Waals surface area contributed by atoms with Gasteiger partial charge >= 0.3 is 0 Å². The minimum atomic E-state index is -0.172. The summed E-state index contributed by atoms with van der Waals surface area (Å²) in [6, 6.07) is 5.85. The molecular formula is C19H24N4O2S. The number of carbonyl (C=O) groups excluding carboxylic acids is 1. The van der Waals surface area contributed by atoms with Crippen molar-refractivity contribution in [1.82, 2.24) is 14.9 Å². The number of hydrogen-bond donors (Lipinski definition) is 1. The van der Waals surface area contributed by atoms with Gasteiger partial charge in [-0.05, 0) is 31.9 Å². The molecule has 0 radical (unpaired) electrons. The predicted octanol–water partition coefficient (Wildman–Crippen LogP) is 3.68. The lowest BCUT2D eigenvalue weighted by atomic mass is 10.1. The Morgan fingerprint density at radius 2 is 2.19 bits per heavy atom. The number of aryl methyl sites for hydroxylation is 1. The van der Waals surface area contributed by atoms with Gasteiger partial charge in [-0.2, -0.15) is 0 Å². The number of amides is 1. The van der Waals surface area contributed by atoms with E-state index in [4.69, 9.17) is 4.74 Å². The van der Waals surface area contributed by atoms with Crippen LogP contribution >= 0.6 is 11.3 Å². The second-order valence-corrected chi connectivity index (χ2v) is 8.21. The van der Waals surface area contributed by atoms with Crippen molar-refractivity contribution >= 4 is 28.2 Å². The van der Waals surface area contributed by atoms with Gasteiger partial charge in [-0.1, -0.05) is 18.9 Å². The number of ether oxygens (including phenoxy) is 1. The maximum absolute atomic E-state index is 12.7. The first kappa shape index (κ1) is 17.4. The maximum atomic E-state index is 12.7. The Balaban J connectivity index is 1.44. The van der Waals surface area contributed by atoms with E-state index < -0.39 is 0 Å². The summed E-state index contributed by atoms with van der Waals surface area (Å²) in [6.07, 6.45) is 6.09. The molecule has 1 amide bonds. The van der Waals surface area contributed by atoms with Crippen molar-refractivity contribution in [3.63, 3.8) is 0 Å².